The Balaban J connectivity index is 2.92. The predicted molar refractivity (Wildman–Crippen MR) is 76.7 cm³/mol. The molecule has 1 atom stereocenters. The molecule has 3 nitrogen and oxygen atoms in total. The number of rotatable bonds is 4. The lowest BCUT2D eigenvalue weighted by atomic mass is 9.94. The zero-order valence-corrected chi connectivity index (χ0v) is 12.0. The van der Waals surface area contributed by atoms with Crippen molar-refractivity contribution >= 4 is 11.6 Å². The number of nitrogens with one attached hydrogen (secondary N) is 1. The molecule has 0 heterocycles. The normalized spacial score (nSPS) is 12.6. The fourth-order valence-electron chi connectivity index (χ4n) is 2.00. The number of benzene rings is 1. The minimum Gasteiger partial charge on any atom is -0.330 e. The third-order valence-corrected chi connectivity index (χ3v) is 3.71. The van der Waals surface area contributed by atoms with E-state index in [9.17, 15) is 4.79 Å². The van der Waals surface area contributed by atoms with E-state index in [0.29, 0.717) is 6.54 Å². The molecule has 1 unspecified atom stereocenters. The monoisotopic (exact) mass is 248 g/mol. The van der Waals surface area contributed by atoms with Crippen molar-refractivity contribution in [3.63, 3.8) is 0 Å². The average molecular weight is 248 g/mol. The first kappa shape index (κ1) is 14.7. The molecule has 0 saturated heterocycles. The van der Waals surface area contributed by atoms with Crippen LogP contribution in [0, 0.1) is 32.6 Å². The Labute approximate surface area is 110 Å². The molecule has 0 aliphatic carbocycles. The summed E-state index contributed by atoms with van der Waals surface area (Å²) >= 11 is 0. The van der Waals surface area contributed by atoms with Gasteiger partial charge in [-0.05, 0) is 49.4 Å². The first-order chi connectivity index (χ1) is 8.38. The molecule has 0 aromatic heterocycles. The van der Waals surface area contributed by atoms with Crippen molar-refractivity contribution in [2.24, 2.45) is 17.6 Å². The average Bonchev–Trinajstić information content (AvgIpc) is 2.30. The Hall–Kier alpha value is -1.35. The van der Waals surface area contributed by atoms with Crippen LogP contribution >= 0.6 is 0 Å². The van der Waals surface area contributed by atoms with Gasteiger partial charge in [-0.3, -0.25) is 4.79 Å². The first-order valence-electron chi connectivity index (χ1n) is 6.46. The number of carbonyl (C=O) groups excluding carboxylic acids is 1. The second-order valence-corrected chi connectivity index (χ2v) is 5.26. The van der Waals surface area contributed by atoms with E-state index in [1.165, 1.54) is 11.1 Å². The van der Waals surface area contributed by atoms with Gasteiger partial charge >= 0.3 is 0 Å². The van der Waals surface area contributed by atoms with E-state index >= 15 is 0 Å². The standard InChI is InChI=1S/C15H24N2O/c1-9(2)13(8-16)15(18)17-14-7-6-10(3)11(4)12(14)5/h6-7,9,13H,8,16H2,1-5H3,(H,17,18). The van der Waals surface area contributed by atoms with Crippen LogP contribution in [-0.2, 0) is 4.79 Å². The second kappa shape index (κ2) is 6.01. The van der Waals surface area contributed by atoms with Gasteiger partial charge in [0.15, 0.2) is 0 Å². The highest BCUT2D eigenvalue weighted by Crippen LogP contribution is 2.22. The summed E-state index contributed by atoms with van der Waals surface area (Å²) in [5.74, 6) is 0.131. The summed E-state index contributed by atoms with van der Waals surface area (Å²) in [7, 11) is 0. The number of anilines is 1. The van der Waals surface area contributed by atoms with Crippen LogP contribution in [0.25, 0.3) is 0 Å². The zero-order valence-electron chi connectivity index (χ0n) is 12.0. The van der Waals surface area contributed by atoms with Crippen molar-refractivity contribution in [1.82, 2.24) is 0 Å². The number of amides is 1. The minimum atomic E-state index is -0.133. The molecule has 0 bridgehead atoms. The number of hydrogen-bond acceptors (Lipinski definition) is 2. The Kier molecular flexibility index (Phi) is 4.91. The van der Waals surface area contributed by atoms with Crippen LogP contribution in [0.3, 0.4) is 0 Å². The maximum absolute atomic E-state index is 12.1. The third-order valence-electron chi connectivity index (χ3n) is 3.71. The number of nitrogens with two attached hydrogens (primary N) is 1. The highest BCUT2D eigenvalue weighted by atomic mass is 16.1. The SMILES string of the molecule is Cc1ccc(NC(=O)C(CN)C(C)C)c(C)c1C. The number of hydrogen-bond donors (Lipinski definition) is 2. The summed E-state index contributed by atoms with van der Waals surface area (Å²) in [5.41, 5.74) is 10.1. The molecule has 1 amide bonds. The van der Waals surface area contributed by atoms with Crippen molar-refractivity contribution < 1.29 is 4.79 Å². The highest BCUT2D eigenvalue weighted by molar-refractivity contribution is 5.93. The topological polar surface area (TPSA) is 55.1 Å². The molecule has 1 aromatic rings. The molecule has 18 heavy (non-hydrogen) atoms. The van der Waals surface area contributed by atoms with Crippen LogP contribution in [0.5, 0.6) is 0 Å². The lowest BCUT2D eigenvalue weighted by molar-refractivity contribution is -0.120. The van der Waals surface area contributed by atoms with E-state index in [1.807, 2.05) is 32.9 Å². The summed E-state index contributed by atoms with van der Waals surface area (Å²) in [6.45, 7) is 10.6. The van der Waals surface area contributed by atoms with Crippen molar-refractivity contribution in [2.45, 2.75) is 34.6 Å². The van der Waals surface area contributed by atoms with Gasteiger partial charge in [-0.1, -0.05) is 19.9 Å². The van der Waals surface area contributed by atoms with Gasteiger partial charge in [-0.15, -0.1) is 0 Å². The van der Waals surface area contributed by atoms with Gasteiger partial charge in [0.05, 0.1) is 5.92 Å². The van der Waals surface area contributed by atoms with Gasteiger partial charge in [-0.2, -0.15) is 0 Å². The van der Waals surface area contributed by atoms with Gasteiger partial charge in [0.2, 0.25) is 5.91 Å². The molecule has 0 aliphatic rings. The summed E-state index contributed by atoms with van der Waals surface area (Å²) in [6.07, 6.45) is 0. The van der Waals surface area contributed by atoms with Gasteiger partial charge in [0, 0.05) is 12.2 Å². The van der Waals surface area contributed by atoms with Crippen LogP contribution in [0.4, 0.5) is 5.69 Å². The molecule has 0 saturated carbocycles. The van der Waals surface area contributed by atoms with Crippen LogP contribution in [0.1, 0.15) is 30.5 Å². The minimum absolute atomic E-state index is 0.0128. The molecule has 1 rings (SSSR count). The van der Waals surface area contributed by atoms with Crippen LogP contribution in [0.2, 0.25) is 0 Å². The van der Waals surface area contributed by atoms with E-state index < -0.39 is 0 Å². The third kappa shape index (κ3) is 3.10. The molecule has 1 aromatic carbocycles. The quantitative estimate of drug-likeness (QED) is 0.861. The maximum Gasteiger partial charge on any atom is 0.229 e. The summed E-state index contributed by atoms with van der Waals surface area (Å²) < 4.78 is 0. The van der Waals surface area contributed by atoms with Gasteiger partial charge in [0.25, 0.3) is 0 Å². The number of carbonyl (C=O) groups is 1. The smallest absolute Gasteiger partial charge is 0.229 e. The Morgan fingerprint density at radius 1 is 1.22 bits per heavy atom. The molecule has 0 spiro atoms. The molecule has 3 N–H and O–H groups in total. The van der Waals surface area contributed by atoms with E-state index in [2.05, 4.69) is 19.2 Å². The first-order valence-corrected chi connectivity index (χ1v) is 6.46. The molecule has 0 aliphatic heterocycles. The summed E-state index contributed by atoms with van der Waals surface area (Å²) in [5, 5.41) is 2.99. The van der Waals surface area contributed by atoms with Crippen molar-refractivity contribution in [2.75, 3.05) is 11.9 Å². The maximum atomic E-state index is 12.1. The van der Waals surface area contributed by atoms with Gasteiger partial charge in [-0.25, -0.2) is 0 Å². The van der Waals surface area contributed by atoms with Crippen LogP contribution in [0.15, 0.2) is 12.1 Å². The second-order valence-electron chi connectivity index (χ2n) is 5.26. The lowest BCUT2D eigenvalue weighted by Gasteiger charge is -2.20. The molecule has 100 valence electrons. The fourth-order valence-corrected chi connectivity index (χ4v) is 2.00. The van der Waals surface area contributed by atoms with E-state index in [1.54, 1.807) is 0 Å². The Morgan fingerprint density at radius 3 is 2.33 bits per heavy atom. The number of aryl methyl sites for hydroxylation is 1. The largest absolute Gasteiger partial charge is 0.330 e. The molecular formula is C15H24N2O. The Bertz CT molecular complexity index is 438. The Morgan fingerprint density at radius 2 is 1.83 bits per heavy atom. The molecular weight excluding hydrogens is 224 g/mol. The van der Waals surface area contributed by atoms with Crippen molar-refractivity contribution in [3.05, 3.63) is 28.8 Å². The van der Waals surface area contributed by atoms with E-state index in [-0.39, 0.29) is 17.7 Å². The summed E-state index contributed by atoms with van der Waals surface area (Å²) in [6, 6.07) is 3.99. The van der Waals surface area contributed by atoms with Gasteiger partial charge in [0.1, 0.15) is 0 Å². The van der Waals surface area contributed by atoms with Crippen molar-refractivity contribution in [1.29, 1.82) is 0 Å². The highest BCUT2D eigenvalue weighted by Gasteiger charge is 2.21. The fraction of sp³-hybridized carbons (Fsp3) is 0.533. The molecule has 0 fully saturated rings. The van der Waals surface area contributed by atoms with Crippen LogP contribution in [-0.4, -0.2) is 12.5 Å². The lowest BCUT2D eigenvalue weighted by Crippen LogP contribution is -2.33. The van der Waals surface area contributed by atoms with Gasteiger partial charge < -0.3 is 11.1 Å². The van der Waals surface area contributed by atoms with E-state index in [0.717, 1.165) is 11.3 Å². The van der Waals surface area contributed by atoms with E-state index in [4.69, 9.17) is 5.73 Å². The predicted octanol–water partition coefficient (Wildman–Crippen LogP) is 2.78. The van der Waals surface area contributed by atoms with Crippen molar-refractivity contribution in [3.8, 4) is 0 Å². The summed E-state index contributed by atoms with van der Waals surface area (Å²) in [4.78, 5) is 12.1. The van der Waals surface area contributed by atoms with Crippen LogP contribution < -0.4 is 11.1 Å². The molecule has 0 radical (unpaired) electrons. The molecule has 3 heteroatoms. The zero-order chi connectivity index (χ0) is 13.9.